The first kappa shape index (κ1) is 30.6. The van der Waals surface area contributed by atoms with Crippen LogP contribution >= 0.6 is 12.6 Å². The van der Waals surface area contributed by atoms with Gasteiger partial charge < -0.3 is 43.4 Å². The lowest BCUT2D eigenvalue weighted by atomic mass is 10.0. The van der Waals surface area contributed by atoms with Crippen molar-refractivity contribution in [2.75, 3.05) is 18.8 Å². The molecule has 33 heavy (non-hydrogen) atoms. The number of unbranched alkanes of at least 4 members (excludes halogenated alkanes) is 2. The molecular formula is C19H36N6O7S. The molecule has 0 aromatic rings. The van der Waals surface area contributed by atoms with Gasteiger partial charge in [-0.1, -0.05) is 6.42 Å². The zero-order valence-electron chi connectivity index (χ0n) is 18.5. The summed E-state index contributed by atoms with van der Waals surface area (Å²) in [5.74, 6) is -5.37. The largest absolute Gasteiger partial charge is 0.481 e. The zero-order chi connectivity index (χ0) is 25.4. The highest BCUT2D eigenvalue weighted by Gasteiger charge is 2.31. The lowest BCUT2D eigenvalue weighted by Crippen LogP contribution is -2.57. The maximum atomic E-state index is 12.8. The molecule has 0 rings (SSSR count). The van der Waals surface area contributed by atoms with Gasteiger partial charge in [-0.05, 0) is 45.2 Å². The smallest absolute Gasteiger partial charge is 0.327 e. The first-order chi connectivity index (χ1) is 15.6. The predicted octanol–water partition coefficient (Wildman–Crippen LogP) is -2.48. The second-order valence-corrected chi connectivity index (χ2v) is 7.84. The van der Waals surface area contributed by atoms with Crippen molar-refractivity contribution in [2.24, 2.45) is 17.2 Å². The minimum Gasteiger partial charge on any atom is -0.481 e. The molecule has 0 saturated heterocycles. The van der Waals surface area contributed by atoms with Crippen molar-refractivity contribution >= 4 is 42.3 Å². The zero-order valence-corrected chi connectivity index (χ0v) is 19.4. The van der Waals surface area contributed by atoms with E-state index < -0.39 is 60.2 Å². The van der Waals surface area contributed by atoms with Crippen LogP contribution in [0.1, 0.15) is 44.9 Å². The molecule has 0 aromatic heterocycles. The third-order valence-corrected chi connectivity index (χ3v) is 5.06. The topological polar surface area (TPSA) is 240 Å². The van der Waals surface area contributed by atoms with Gasteiger partial charge in [0.2, 0.25) is 17.7 Å². The summed E-state index contributed by atoms with van der Waals surface area (Å²) in [4.78, 5) is 60.0. The second kappa shape index (κ2) is 17.1. The molecule has 190 valence electrons. The number of aliphatic carboxylic acids is 2. The Morgan fingerprint density at radius 1 is 0.727 bits per heavy atom. The molecule has 0 spiro atoms. The molecule has 3 amide bonds. The van der Waals surface area contributed by atoms with Crippen molar-refractivity contribution in [1.29, 1.82) is 0 Å². The quantitative estimate of drug-likeness (QED) is 0.0720. The highest BCUT2D eigenvalue weighted by molar-refractivity contribution is 7.80. The predicted molar refractivity (Wildman–Crippen MR) is 123 cm³/mol. The van der Waals surface area contributed by atoms with Crippen LogP contribution in [0.15, 0.2) is 0 Å². The van der Waals surface area contributed by atoms with Gasteiger partial charge in [0.25, 0.3) is 0 Å². The molecule has 0 aliphatic heterocycles. The number of thiol groups is 1. The van der Waals surface area contributed by atoms with Crippen LogP contribution in [0.4, 0.5) is 0 Å². The molecule has 0 heterocycles. The third-order valence-electron chi connectivity index (χ3n) is 4.69. The number of nitrogens with one attached hydrogen (secondary N) is 3. The molecule has 11 N–H and O–H groups in total. The number of hydrogen-bond acceptors (Lipinski definition) is 9. The van der Waals surface area contributed by atoms with Crippen LogP contribution in [0, 0.1) is 0 Å². The van der Waals surface area contributed by atoms with Crippen molar-refractivity contribution in [3.8, 4) is 0 Å². The van der Waals surface area contributed by atoms with Crippen molar-refractivity contribution in [1.82, 2.24) is 16.0 Å². The lowest BCUT2D eigenvalue weighted by Gasteiger charge is -2.24. The van der Waals surface area contributed by atoms with Gasteiger partial charge in [-0.2, -0.15) is 12.6 Å². The SMILES string of the molecule is NCCCCC(N)C(=O)NC(CCCCN)C(=O)NC(CC(=O)O)C(=O)NC(CS)C(=O)O. The summed E-state index contributed by atoms with van der Waals surface area (Å²) in [6.45, 7) is 0.826. The number of amides is 3. The fraction of sp³-hybridized carbons (Fsp3) is 0.737. The normalized spacial score (nSPS) is 14.4. The van der Waals surface area contributed by atoms with Gasteiger partial charge in [0.1, 0.15) is 18.1 Å². The molecule has 13 nitrogen and oxygen atoms in total. The summed E-state index contributed by atoms with van der Waals surface area (Å²) in [6.07, 6.45) is 2.13. The average molecular weight is 493 g/mol. The summed E-state index contributed by atoms with van der Waals surface area (Å²) in [5.41, 5.74) is 16.8. The standard InChI is InChI=1S/C19H36N6O7S/c20-7-3-1-5-11(22)16(28)23-12(6-2-4-8-21)17(29)24-13(9-15(26)27)18(30)25-14(10-33)19(31)32/h11-14,33H,1-10,20-22H2,(H,23,28)(H,24,29)(H,25,30)(H,26,27)(H,31,32). The Balaban J connectivity index is 5.36. The summed E-state index contributed by atoms with van der Waals surface area (Å²) in [5, 5.41) is 25.1. The van der Waals surface area contributed by atoms with Gasteiger partial charge in [-0.25, -0.2) is 4.79 Å². The molecule has 0 aromatic carbocycles. The van der Waals surface area contributed by atoms with Crippen LogP contribution in [-0.2, 0) is 24.0 Å². The molecule has 4 unspecified atom stereocenters. The second-order valence-electron chi connectivity index (χ2n) is 7.48. The van der Waals surface area contributed by atoms with Crippen LogP contribution < -0.4 is 33.2 Å². The Hall–Kier alpha value is -2.42. The van der Waals surface area contributed by atoms with Crippen molar-refractivity contribution < 1.29 is 34.2 Å². The molecule has 0 fully saturated rings. The van der Waals surface area contributed by atoms with Gasteiger partial charge in [-0.15, -0.1) is 0 Å². The fourth-order valence-corrected chi connectivity index (χ4v) is 3.04. The van der Waals surface area contributed by atoms with E-state index in [0.29, 0.717) is 45.2 Å². The fourth-order valence-electron chi connectivity index (χ4n) is 2.79. The molecule has 0 saturated carbocycles. The Labute approximate surface area is 198 Å². The van der Waals surface area contributed by atoms with E-state index in [1.54, 1.807) is 0 Å². The monoisotopic (exact) mass is 492 g/mol. The Bertz CT molecular complexity index is 667. The van der Waals surface area contributed by atoms with E-state index in [1.807, 2.05) is 0 Å². The van der Waals surface area contributed by atoms with Gasteiger partial charge >= 0.3 is 11.9 Å². The highest BCUT2D eigenvalue weighted by Crippen LogP contribution is 2.06. The van der Waals surface area contributed by atoms with E-state index in [1.165, 1.54) is 0 Å². The first-order valence-corrected chi connectivity index (χ1v) is 11.3. The van der Waals surface area contributed by atoms with E-state index in [4.69, 9.17) is 27.4 Å². The maximum absolute atomic E-state index is 12.8. The number of hydrogen-bond donors (Lipinski definition) is 9. The number of carbonyl (C=O) groups excluding carboxylic acids is 3. The lowest BCUT2D eigenvalue weighted by molar-refractivity contribution is -0.143. The van der Waals surface area contributed by atoms with Gasteiger partial charge in [0, 0.05) is 5.75 Å². The summed E-state index contributed by atoms with van der Waals surface area (Å²) in [7, 11) is 0. The van der Waals surface area contributed by atoms with Crippen molar-refractivity contribution in [3.05, 3.63) is 0 Å². The van der Waals surface area contributed by atoms with Gasteiger partial charge in [0.15, 0.2) is 0 Å². The molecule has 0 radical (unpaired) electrons. The molecule has 0 aliphatic rings. The Morgan fingerprint density at radius 3 is 1.70 bits per heavy atom. The minimum atomic E-state index is -1.57. The van der Waals surface area contributed by atoms with E-state index in [0.717, 1.165) is 0 Å². The van der Waals surface area contributed by atoms with Crippen LogP contribution in [0.5, 0.6) is 0 Å². The molecule has 0 bridgehead atoms. The Kier molecular flexibility index (Phi) is 15.9. The highest BCUT2D eigenvalue weighted by atomic mass is 32.1. The van der Waals surface area contributed by atoms with Gasteiger partial charge in [-0.3, -0.25) is 19.2 Å². The third kappa shape index (κ3) is 13.0. The minimum absolute atomic E-state index is 0.181. The molecule has 4 atom stereocenters. The van der Waals surface area contributed by atoms with E-state index in [2.05, 4.69) is 28.6 Å². The molecule has 14 heteroatoms. The Morgan fingerprint density at radius 2 is 1.21 bits per heavy atom. The van der Waals surface area contributed by atoms with E-state index >= 15 is 0 Å². The maximum Gasteiger partial charge on any atom is 0.327 e. The van der Waals surface area contributed by atoms with Crippen molar-refractivity contribution in [2.45, 2.75) is 69.1 Å². The van der Waals surface area contributed by atoms with E-state index in [-0.39, 0.29) is 12.2 Å². The summed E-state index contributed by atoms with van der Waals surface area (Å²) >= 11 is 3.83. The first-order valence-electron chi connectivity index (χ1n) is 10.7. The molecule has 0 aliphatic carbocycles. The number of carboxylic acid groups (broad SMARTS) is 2. The van der Waals surface area contributed by atoms with Gasteiger partial charge in [0.05, 0.1) is 12.5 Å². The number of carbonyl (C=O) groups is 5. The average Bonchev–Trinajstić information content (AvgIpc) is 2.75. The van der Waals surface area contributed by atoms with Crippen LogP contribution in [0.3, 0.4) is 0 Å². The van der Waals surface area contributed by atoms with E-state index in [9.17, 15) is 24.0 Å². The number of nitrogens with two attached hydrogens (primary N) is 3. The van der Waals surface area contributed by atoms with Crippen LogP contribution in [0.25, 0.3) is 0 Å². The summed E-state index contributed by atoms with van der Waals surface area (Å²) < 4.78 is 0. The van der Waals surface area contributed by atoms with Crippen LogP contribution in [-0.4, -0.2) is 82.9 Å². The number of rotatable bonds is 18. The summed E-state index contributed by atoms with van der Waals surface area (Å²) in [6, 6.07) is -4.90. The number of carboxylic acids is 2. The van der Waals surface area contributed by atoms with Crippen LogP contribution in [0.2, 0.25) is 0 Å². The van der Waals surface area contributed by atoms with Crippen molar-refractivity contribution in [3.63, 3.8) is 0 Å². The molecular weight excluding hydrogens is 456 g/mol.